The van der Waals surface area contributed by atoms with Crippen molar-refractivity contribution in [2.75, 3.05) is 5.34 Å². The summed E-state index contributed by atoms with van der Waals surface area (Å²) in [5.74, 6) is 0. The van der Waals surface area contributed by atoms with Crippen LogP contribution in [0.2, 0.25) is 0 Å². The molecule has 0 aromatic carbocycles. The summed E-state index contributed by atoms with van der Waals surface area (Å²) in [6.45, 7) is 0. The van der Waals surface area contributed by atoms with Crippen LogP contribution in [0, 0.1) is 0 Å². The Bertz CT molecular complexity index is 13.6. The van der Waals surface area contributed by atoms with Crippen LogP contribution < -0.4 is 0 Å². The molecule has 0 aliphatic carbocycles. The molecule has 0 saturated heterocycles. The Kier molecular flexibility index (Phi) is 38.3. The zero-order valence-electron chi connectivity index (χ0n) is 2.58. The van der Waals surface area contributed by atoms with Gasteiger partial charge < -0.3 is 0 Å². The van der Waals surface area contributed by atoms with Crippen LogP contribution in [0.4, 0.5) is 0 Å². The summed E-state index contributed by atoms with van der Waals surface area (Å²) in [5, 5.41) is 0.194. The van der Waals surface area contributed by atoms with Gasteiger partial charge in [0, 0.05) is 0 Å². The number of alkyl halides is 2. The fourth-order valence-corrected chi connectivity index (χ4v) is 0. The molecule has 0 bridgehead atoms. The van der Waals surface area contributed by atoms with Gasteiger partial charge in [-0.15, -0.1) is 23.2 Å². The van der Waals surface area contributed by atoms with Gasteiger partial charge in [0.05, 0.1) is 5.34 Å². The number of hydrogen-bond donors (Lipinski definition) is 0. The van der Waals surface area contributed by atoms with Crippen LogP contribution in [-0.2, 0) is 3.80 Å². The van der Waals surface area contributed by atoms with Crippen molar-refractivity contribution in [3.05, 3.63) is 0 Å². The van der Waals surface area contributed by atoms with Gasteiger partial charge in [0.25, 0.3) is 0 Å². The van der Waals surface area contributed by atoms with E-state index < -0.39 is 0 Å². The van der Waals surface area contributed by atoms with Crippen molar-refractivity contribution in [2.45, 2.75) is 0 Å². The predicted octanol–water partition coefficient (Wildman–Crippen LogP) is 0.654. The molecule has 0 aromatic rings. The number of rotatable bonds is 0. The van der Waals surface area contributed by atoms with Gasteiger partial charge in [-0.05, 0) is 0 Å². The molecule has 5 heavy (non-hydrogen) atoms. The van der Waals surface area contributed by atoms with Gasteiger partial charge in [-0.1, -0.05) is 0 Å². The zero-order valence-corrected chi connectivity index (χ0v) is 5.50. The first-order chi connectivity index (χ1) is 2.41. The minimum absolute atomic E-state index is 0.194. The Morgan fingerprint density at radius 3 is 1.40 bits per heavy atom. The molecule has 0 aromatic heterocycles. The molecular weight excluding hydrogens is 126 g/mol. The van der Waals surface area contributed by atoms with Crippen molar-refractivity contribution in [1.29, 1.82) is 0 Å². The topological polar surface area (TPSA) is 17.1 Å². The molecule has 0 spiro atoms. The second-order valence-corrected chi connectivity index (χ2v) is 0.909. The average molecular weight is 129 g/mol. The first-order valence-electron chi connectivity index (χ1n) is 0.823. The van der Waals surface area contributed by atoms with Crippen molar-refractivity contribution >= 4 is 39.4 Å². The van der Waals surface area contributed by atoms with Gasteiger partial charge in [0.15, 0.2) is 0 Å². The van der Waals surface area contributed by atoms with Crippen LogP contribution in [0.1, 0.15) is 0 Å². The van der Waals surface area contributed by atoms with E-state index in [1.807, 2.05) is 0 Å². The third-order valence-corrected chi connectivity index (χ3v) is 0. The Labute approximate surface area is 48.9 Å². The van der Waals surface area contributed by atoms with E-state index in [2.05, 4.69) is 0 Å². The van der Waals surface area contributed by atoms with E-state index in [-0.39, 0.29) is 5.34 Å². The molecule has 0 atom stereocenters. The fourth-order valence-electron chi connectivity index (χ4n) is 0. The molecular formula is CH3AlCl2O. The average Bonchev–Trinajstić information content (AvgIpc) is 1.46. The van der Waals surface area contributed by atoms with Gasteiger partial charge >= 0.3 is 20.0 Å². The van der Waals surface area contributed by atoms with E-state index in [0.717, 1.165) is 0 Å². The maximum absolute atomic E-state index is 8.28. The van der Waals surface area contributed by atoms with E-state index in [1.165, 1.54) is 0 Å². The summed E-state index contributed by atoms with van der Waals surface area (Å²) in [4.78, 5) is 0. The van der Waals surface area contributed by atoms with Gasteiger partial charge in [-0.25, -0.2) is 0 Å². The third kappa shape index (κ3) is 50.0. The number of hydrogen-bond acceptors (Lipinski definition) is 1. The summed E-state index contributed by atoms with van der Waals surface area (Å²) in [7, 11) is 0. The molecule has 4 heteroatoms. The van der Waals surface area contributed by atoms with Gasteiger partial charge in [-0.2, -0.15) is 0 Å². The van der Waals surface area contributed by atoms with Gasteiger partial charge in [-0.3, -0.25) is 0 Å². The molecule has 0 aliphatic rings. The zero-order chi connectivity index (χ0) is 4.71. The first kappa shape index (κ1) is 9.32. The van der Waals surface area contributed by atoms with E-state index in [0.29, 0.717) is 16.2 Å². The van der Waals surface area contributed by atoms with Crippen LogP contribution in [0.3, 0.4) is 0 Å². The van der Waals surface area contributed by atoms with Crippen LogP contribution in [-0.4, -0.2) is 21.6 Å². The molecule has 0 saturated carbocycles. The van der Waals surface area contributed by atoms with Crippen molar-refractivity contribution < 1.29 is 3.80 Å². The Morgan fingerprint density at radius 2 is 1.40 bits per heavy atom. The summed E-state index contributed by atoms with van der Waals surface area (Å²) in [5.41, 5.74) is 0. The second-order valence-electron chi connectivity index (χ2n) is 0.101. The van der Waals surface area contributed by atoms with Gasteiger partial charge in [0.1, 0.15) is 0 Å². The normalized spacial score (nSPS) is 4.20. The second kappa shape index (κ2) is 20.6. The molecule has 0 radical (unpaired) electrons. The summed E-state index contributed by atoms with van der Waals surface area (Å²) >= 11 is 10.1. The Balaban J connectivity index is 0. The van der Waals surface area contributed by atoms with Gasteiger partial charge in [0.2, 0.25) is 0 Å². The third-order valence-electron chi connectivity index (χ3n) is 0. The molecule has 0 aliphatic heterocycles. The molecule has 0 amide bonds. The molecule has 0 rings (SSSR count). The maximum atomic E-state index is 8.28. The molecule has 1 nitrogen and oxygen atoms in total. The predicted molar refractivity (Wildman–Crippen MR) is 24.4 cm³/mol. The molecule has 0 heterocycles. The van der Waals surface area contributed by atoms with E-state index in [9.17, 15) is 0 Å². The van der Waals surface area contributed by atoms with Crippen LogP contribution in [0.25, 0.3) is 0 Å². The van der Waals surface area contributed by atoms with Crippen molar-refractivity contribution in [3.63, 3.8) is 0 Å². The minimum atomic E-state index is 0.194. The molecule has 0 N–H and O–H groups in total. The summed E-state index contributed by atoms with van der Waals surface area (Å²) in [6, 6.07) is 0. The summed E-state index contributed by atoms with van der Waals surface area (Å²) in [6.07, 6.45) is 0. The van der Waals surface area contributed by atoms with Crippen LogP contribution >= 0.6 is 23.2 Å². The van der Waals surface area contributed by atoms with Crippen LogP contribution in [0.5, 0.6) is 0 Å². The first-order valence-corrected chi connectivity index (χ1v) is 2.47. The monoisotopic (exact) mass is 128 g/mol. The van der Waals surface area contributed by atoms with E-state index >= 15 is 0 Å². The van der Waals surface area contributed by atoms with Crippen molar-refractivity contribution in [2.24, 2.45) is 0 Å². The Morgan fingerprint density at radius 1 is 1.40 bits per heavy atom. The van der Waals surface area contributed by atoms with Crippen molar-refractivity contribution in [1.82, 2.24) is 0 Å². The molecule has 30 valence electrons. The van der Waals surface area contributed by atoms with Crippen molar-refractivity contribution in [3.8, 4) is 0 Å². The van der Waals surface area contributed by atoms with E-state index in [1.54, 1.807) is 0 Å². The Hall–Kier alpha value is 0.912. The quantitative estimate of drug-likeness (QED) is 0.346. The van der Waals surface area contributed by atoms with Crippen LogP contribution in [0.15, 0.2) is 0 Å². The van der Waals surface area contributed by atoms with E-state index in [4.69, 9.17) is 27.0 Å². The molecule has 0 unspecified atom stereocenters. The summed E-state index contributed by atoms with van der Waals surface area (Å²) < 4.78 is 8.28. The SMILES string of the molecule is ClCCl.[O]=[AlH]. The molecule has 0 fully saturated rings. The number of halogens is 2. The fraction of sp³-hybridized carbons (Fsp3) is 1.00. The standard InChI is InChI=1S/CH2Cl2.Al.O.H/c2-1-3;;;/h1H2;;;.